The molecule has 3 rings (SSSR count). The van der Waals surface area contributed by atoms with Crippen molar-refractivity contribution in [2.75, 3.05) is 0 Å². The summed E-state index contributed by atoms with van der Waals surface area (Å²) in [5, 5.41) is 0. The van der Waals surface area contributed by atoms with Gasteiger partial charge in [-0.2, -0.15) is 0 Å². The lowest BCUT2D eigenvalue weighted by Gasteiger charge is -2.00. The van der Waals surface area contributed by atoms with Gasteiger partial charge in [0.25, 0.3) is 6.33 Å². The van der Waals surface area contributed by atoms with Gasteiger partial charge in [0.15, 0.2) is 12.2 Å². The second kappa shape index (κ2) is 7.74. The topological polar surface area (TPSA) is 33.8 Å². The quantitative estimate of drug-likeness (QED) is 0.516. The van der Waals surface area contributed by atoms with Gasteiger partial charge < -0.3 is 0 Å². The third-order valence-corrected chi connectivity index (χ3v) is 3.33. The van der Waals surface area contributed by atoms with Crippen LogP contribution in [0, 0.1) is 5.82 Å². The first-order chi connectivity index (χ1) is 10.7. The molecular weight excluding hydrogens is 359 g/mol. The van der Waals surface area contributed by atoms with E-state index in [1.54, 1.807) is 41.4 Å². The zero-order chi connectivity index (χ0) is 15.4. The lowest BCUT2D eigenvalue weighted by Crippen LogP contribution is -2.37. The van der Waals surface area contributed by atoms with Crippen molar-refractivity contribution >= 4 is 22.8 Å². The summed E-state index contributed by atoms with van der Waals surface area (Å²) in [4.78, 5) is 16.4. The van der Waals surface area contributed by atoms with E-state index in [-0.39, 0.29) is 35.1 Å². The molecule has 2 aromatic carbocycles. The number of rotatable bonds is 4. The maximum absolute atomic E-state index is 12.9. The Hall–Kier alpha value is -2.40. The van der Waals surface area contributed by atoms with Crippen molar-refractivity contribution in [3.05, 3.63) is 84.6 Å². The van der Waals surface area contributed by atoms with E-state index in [9.17, 15) is 9.18 Å². The number of Topliss-reactive ketones (excluding diaryl/α,β-unsaturated/α-hetero) is 1. The molecule has 0 saturated heterocycles. The van der Waals surface area contributed by atoms with Gasteiger partial charge in [0.05, 0.1) is 6.20 Å². The molecule has 1 aromatic heterocycles. The Morgan fingerprint density at radius 2 is 1.70 bits per heavy atom. The number of hydrogen-bond acceptors (Lipinski definition) is 2. The summed E-state index contributed by atoms with van der Waals surface area (Å²) in [6.45, 7) is 0.237. The van der Waals surface area contributed by atoms with Crippen LogP contribution in [0.5, 0.6) is 0 Å². The van der Waals surface area contributed by atoms with E-state index in [1.165, 1.54) is 12.1 Å². The minimum Gasteiger partial charge on any atom is -0.290 e. The minimum atomic E-state index is -0.275. The maximum atomic E-state index is 12.9. The number of halogens is 2. The van der Waals surface area contributed by atoms with Crippen LogP contribution in [-0.2, 0) is 6.54 Å². The van der Waals surface area contributed by atoms with Crippen molar-refractivity contribution in [2.45, 2.75) is 6.54 Å². The maximum Gasteiger partial charge on any atom is 0.287 e. The highest BCUT2D eigenvalue weighted by Crippen LogP contribution is 2.15. The first-order valence-corrected chi connectivity index (χ1v) is 6.92. The lowest BCUT2D eigenvalue weighted by molar-refractivity contribution is -0.686. The summed E-state index contributed by atoms with van der Waals surface area (Å²) in [6.07, 6.45) is 3.41. The van der Waals surface area contributed by atoms with Crippen LogP contribution in [-0.4, -0.2) is 10.8 Å². The average molecular weight is 374 g/mol. The van der Waals surface area contributed by atoms with E-state index in [2.05, 4.69) is 4.98 Å². The molecule has 3 nitrogen and oxygen atoms in total. The molecule has 5 heteroatoms. The van der Waals surface area contributed by atoms with E-state index in [1.807, 2.05) is 24.3 Å². The predicted molar refractivity (Wildman–Crippen MR) is 90.9 cm³/mol. The van der Waals surface area contributed by atoms with Crippen LogP contribution in [0.15, 0.2) is 73.2 Å². The van der Waals surface area contributed by atoms with Gasteiger partial charge in [0.1, 0.15) is 5.82 Å². The van der Waals surface area contributed by atoms with Crippen molar-refractivity contribution < 1.29 is 13.8 Å². The van der Waals surface area contributed by atoms with E-state index in [0.29, 0.717) is 5.56 Å². The molecule has 0 aliphatic carbocycles. The summed E-state index contributed by atoms with van der Waals surface area (Å²) in [5.41, 5.74) is 2.25. The highest BCUT2D eigenvalue weighted by Gasteiger charge is 2.11. The van der Waals surface area contributed by atoms with Crippen LogP contribution in [0.2, 0.25) is 0 Å². The van der Waals surface area contributed by atoms with Gasteiger partial charge in [0.2, 0.25) is 5.78 Å². The zero-order valence-corrected chi connectivity index (χ0v) is 13.9. The van der Waals surface area contributed by atoms with Crippen LogP contribution in [0.25, 0.3) is 11.3 Å². The fourth-order valence-electron chi connectivity index (χ4n) is 2.15. The van der Waals surface area contributed by atoms with E-state index in [4.69, 9.17) is 0 Å². The molecule has 0 bridgehead atoms. The van der Waals surface area contributed by atoms with Gasteiger partial charge in [0, 0.05) is 17.2 Å². The zero-order valence-electron chi connectivity index (χ0n) is 12.2. The Kier molecular flexibility index (Phi) is 5.71. The summed E-state index contributed by atoms with van der Waals surface area (Å²) < 4.78 is 14.6. The number of hydrogen-bond donors (Lipinski definition) is 0. The van der Waals surface area contributed by atoms with Crippen molar-refractivity contribution in [2.24, 2.45) is 0 Å². The van der Waals surface area contributed by atoms with Gasteiger partial charge in [-0.05, 0) is 29.2 Å². The molecule has 3 aromatic rings. The summed E-state index contributed by atoms with van der Waals surface area (Å²) in [7, 11) is 0. The second-order valence-corrected chi connectivity index (χ2v) is 4.91. The molecule has 0 amide bonds. The summed E-state index contributed by atoms with van der Waals surface area (Å²) in [5.74, 6) is -0.245. The summed E-state index contributed by atoms with van der Waals surface area (Å²) >= 11 is 0. The molecule has 0 radical (unpaired) electrons. The van der Waals surface area contributed by atoms with Crippen molar-refractivity contribution in [3.8, 4) is 11.3 Å². The summed E-state index contributed by atoms with van der Waals surface area (Å²) in [6, 6.07) is 17.1. The monoisotopic (exact) mass is 373 g/mol. The molecule has 1 heterocycles. The van der Waals surface area contributed by atoms with Crippen LogP contribution in [0.4, 0.5) is 4.39 Å². The van der Waals surface area contributed by atoms with Crippen LogP contribution in [0.1, 0.15) is 10.4 Å². The molecule has 0 aliphatic heterocycles. The van der Waals surface area contributed by atoms with E-state index >= 15 is 0 Å². The molecule has 0 atom stereocenters. The second-order valence-electron chi connectivity index (χ2n) is 4.91. The van der Waals surface area contributed by atoms with Crippen molar-refractivity contribution in [1.82, 2.24) is 4.98 Å². The highest BCUT2D eigenvalue weighted by molar-refractivity contribution is 8.93. The largest absolute Gasteiger partial charge is 0.290 e. The fourth-order valence-corrected chi connectivity index (χ4v) is 2.15. The smallest absolute Gasteiger partial charge is 0.287 e. The molecule has 0 spiro atoms. The van der Waals surface area contributed by atoms with Crippen molar-refractivity contribution in [1.29, 1.82) is 0 Å². The van der Waals surface area contributed by atoms with E-state index in [0.717, 1.165) is 11.3 Å². The molecular formula is C18H15BrFN2O+. The Labute approximate surface area is 144 Å². The molecule has 23 heavy (non-hydrogen) atoms. The predicted octanol–water partition coefficient (Wildman–Crippen LogP) is 3.64. The molecule has 0 aliphatic rings. The van der Waals surface area contributed by atoms with Gasteiger partial charge in [-0.15, -0.1) is 17.0 Å². The SMILES string of the molecule is Br.O=C(C[n+]1ccc(-c2ccc(F)cc2)nc1)c1ccccc1. The first-order valence-electron chi connectivity index (χ1n) is 6.92. The molecule has 0 fully saturated rings. The third-order valence-electron chi connectivity index (χ3n) is 3.33. The number of ketones is 1. The number of carbonyl (C=O) groups excluding carboxylic acids is 1. The third kappa shape index (κ3) is 4.29. The fraction of sp³-hybridized carbons (Fsp3) is 0.0556. The molecule has 116 valence electrons. The number of benzene rings is 2. The Morgan fingerprint density at radius 1 is 1.00 bits per heavy atom. The van der Waals surface area contributed by atoms with Gasteiger partial charge in [-0.3, -0.25) is 4.79 Å². The number of carbonyl (C=O) groups is 1. The highest BCUT2D eigenvalue weighted by atomic mass is 79.9. The minimum absolute atomic E-state index is 0. The normalized spacial score (nSPS) is 9.96. The van der Waals surface area contributed by atoms with Gasteiger partial charge in [-0.25, -0.2) is 8.96 Å². The number of nitrogens with zero attached hydrogens (tertiary/aromatic N) is 2. The number of aromatic nitrogens is 2. The van der Waals surface area contributed by atoms with Crippen molar-refractivity contribution in [3.63, 3.8) is 0 Å². The van der Waals surface area contributed by atoms with E-state index < -0.39 is 0 Å². The molecule has 0 unspecified atom stereocenters. The van der Waals surface area contributed by atoms with Crippen LogP contribution >= 0.6 is 17.0 Å². The van der Waals surface area contributed by atoms with Crippen LogP contribution < -0.4 is 4.57 Å². The average Bonchev–Trinajstić information content (AvgIpc) is 2.57. The van der Waals surface area contributed by atoms with Gasteiger partial charge >= 0.3 is 0 Å². The Balaban J connectivity index is 0.00000192. The lowest BCUT2D eigenvalue weighted by atomic mass is 10.1. The Morgan fingerprint density at radius 3 is 2.30 bits per heavy atom. The first kappa shape index (κ1) is 17.0. The molecule has 0 saturated carbocycles. The van der Waals surface area contributed by atoms with Gasteiger partial charge in [-0.1, -0.05) is 30.3 Å². The van der Waals surface area contributed by atoms with Crippen LogP contribution in [0.3, 0.4) is 0 Å². The molecule has 0 N–H and O–H groups in total. The Bertz CT molecular complexity index is 774. The standard InChI is InChI=1S/C18H14FN2O.BrH/c19-16-8-6-14(7-9-16)17-10-11-21(13-20-17)12-18(22)15-4-2-1-3-5-15;/h1-11,13H,12H2;1H/q+1;.